The van der Waals surface area contributed by atoms with Crippen molar-refractivity contribution in [2.24, 2.45) is 5.92 Å². The lowest BCUT2D eigenvalue weighted by atomic mass is 10.0. The maximum absolute atomic E-state index is 12.3. The molecule has 21 heavy (non-hydrogen) atoms. The number of ether oxygens (including phenoxy) is 2. The van der Waals surface area contributed by atoms with Crippen LogP contribution in [0.15, 0.2) is 12.1 Å². The first-order valence-electron chi connectivity index (χ1n) is 7.31. The van der Waals surface area contributed by atoms with E-state index in [2.05, 4.69) is 6.92 Å². The number of nitriles is 1. The van der Waals surface area contributed by atoms with E-state index in [1.54, 1.807) is 0 Å². The Kier molecular flexibility index (Phi) is 4.85. The minimum atomic E-state index is -0.251. The highest BCUT2D eigenvalue weighted by atomic mass is 16.5. The molecule has 1 fully saturated rings. The smallest absolute Gasteiger partial charge is 0.184 e. The summed E-state index contributed by atoms with van der Waals surface area (Å²) in [4.78, 5) is 12.3. The molecule has 0 aliphatic heterocycles. The fourth-order valence-corrected chi connectivity index (χ4v) is 2.90. The third-order valence-electron chi connectivity index (χ3n) is 3.98. The predicted molar refractivity (Wildman–Crippen MR) is 79.7 cm³/mol. The van der Waals surface area contributed by atoms with Gasteiger partial charge in [0.2, 0.25) is 0 Å². The van der Waals surface area contributed by atoms with Gasteiger partial charge in [0.05, 0.1) is 25.7 Å². The van der Waals surface area contributed by atoms with Gasteiger partial charge in [0.1, 0.15) is 17.1 Å². The third kappa shape index (κ3) is 3.36. The van der Waals surface area contributed by atoms with E-state index in [0.717, 1.165) is 24.8 Å². The average Bonchev–Trinajstić information content (AvgIpc) is 2.86. The molecule has 4 nitrogen and oxygen atoms in total. The Balaban J connectivity index is 2.35. The van der Waals surface area contributed by atoms with E-state index in [0.29, 0.717) is 23.0 Å². The van der Waals surface area contributed by atoms with Gasteiger partial charge in [-0.2, -0.15) is 5.26 Å². The first-order chi connectivity index (χ1) is 10.1. The lowest BCUT2D eigenvalue weighted by Gasteiger charge is -2.19. The predicted octanol–water partition coefficient (Wildman–Crippen LogP) is 3.67. The topological polar surface area (TPSA) is 59.3 Å². The minimum absolute atomic E-state index is 0.140. The molecule has 1 aliphatic rings. The van der Waals surface area contributed by atoms with E-state index in [1.165, 1.54) is 7.11 Å². The van der Waals surface area contributed by atoms with Crippen molar-refractivity contribution in [1.29, 1.82) is 5.26 Å². The number of hydrogen-bond donors (Lipinski definition) is 0. The van der Waals surface area contributed by atoms with Gasteiger partial charge in [0.25, 0.3) is 0 Å². The lowest BCUT2D eigenvalue weighted by molar-refractivity contribution is 0.0986. The standard InChI is InChI=1S/C17H21NO3/c1-11-4-6-13(10-11)21-15-7-5-12(2)17(20-3)16(15)14(19)8-9-18/h5,7,11,13H,4,6,8,10H2,1-3H3/t11-,13+/m0/s1. The van der Waals surface area contributed by atoms with Gasteiger partial charge in [-0.3, -0.25) is 4.79 Å². The number of nitrogens with zero attached hydrogens (tertiary/aromatic N) is 1. The van der Waals surface area contributed by atoms with Gasteiger partial charge in [-0.1, -0.05) is 13.0 Å². The Morgan fingerprint density at radius 1 is 1.43 bits per heavy atom. The summed E-state index contributed by atoms with van der Waals surface area (Å²) in [5, 5.41) is 8.79. The monoisotopic (exact) mass is 287 g/mol. The van der Waals surface area contributed by atoms with E-state index >= 15 is 0 Å². The Hall–Kier alpha value is -2.02. The van der Waals surface area contributed by atoms with Crippen molar-refractivity contribution in [2.45, 2.75) is 45.6 Å². The summed E-state index contributed by atoms with van der Waals surface area (Å²) in [6.07, 6.45) is 3.12. The molecule has 0 bridgehead atoms. The summed E-state index contributed by atoms with van der Waals surface area (Å²) in [6, 6.07) is 5.60. The molecule has 0 N–H and O–H groups in total. The molecule has 0 amide bonds. The van der Waals surface area contributed by atoms with Crippen molar-refractivity contribution >= 4 is 5.78 Å². The van der Waals surface area contributed by atoms with Gasteiger partial charge in [-0.15, -0.1) is 0 Å². The van der Waals surface area contributed by atoms with Crippen LogP contribution >= 0.6 is 0 Å². The first kappa shape index (κ1) is 15.4. The van der Waals surface area contributed by atoms with Crippen LogP contribution in [0, 0.1) is 24.2 Å². The van der Waals surface area contributed by atoms with Crippen LogP contribution in [0.5, 0.6) is 11.5 Å². The molecule has 1 aromatic rings. The molecular formula is C17H21NO3. The minimum Gasteiger partial charge on any atom is -0.496 e. The van der Waals surface area contributed by atoms with E-state index in [9.17, 15) is 4.79 Å². The highest BCUT2D eigenvalue weighted by Gasteiger charge is 2.26. The van der Waals surface area contributed by atoms with Gasteiger partial charge >= 0.3 is 0 Å². The van der Waals surface area contributed by atoms with E-state index in [-0.39, 0.29) is 18.3 Å². The van der Waals surface area contributed by atoms with Gasteiger partial charge < -0.3 is 9.47 Å². The molecule has 4 heteroatoms. The van der Waals surface area contributed by atoms with E-state index < -0.39 is 0 Å². The quantitative estimate of drug-likeness (QED) is 0.775. The lowest BCUT2D eigenvalue weighted by Crippen LogP contribution is -2.15. The number of aryl methyl sites for hydroxylation is 1. The van der Waals surface area contributed by atoms with Crippen LogP contribution < -0.4 is 9.47 Å². The first-order valence-corrected chi connectivity index (χ1v) is 7.31. The highest BCUT2D eigenvalue weighted by Crippen LogP contribution is 2.36. The van der Waals surface area contributed by atoms with E-state index in [4.69, 9.17) is 14.7 Å². The molecule has 0 heterocycles. The summed E-state index contributed by atoms with van der Waals surface area (Å²) in [7, 11) is 1.53. The second kappa shape index (κ2) is 6.62. The number of carbonyl (C=O) groups excluding carboxylic acids is 1. The highest BCUT2D eigenvalue weighted by molar-refractivity contribution is 6.02. The number of ketones is 1. The van der Waals surface area contributed by atoms with Crippen molar-refractivity contribution in [1.82, 2.24) is 0 Å². The summed E-state index contributed by atoms with van der Waals surface area (Å²) < 4.78 is 11.4. The van der Waals surface area contributed by atoms with Crippen LogP contribution in [0.3, 0.4) is 0 Å². The maximum Gasteiger partial charge on any atom is 0.184 e. The fraction of sp³-hybridized carbons (Fsp3) is 0.529. The van der Waals surface area contributed by atoms with Gasteiger partial charge in [-0.05, 0) is 43.7 Å². The Morgan fingerprint density at radius 2 is 2.19 bits per heavy atom. The average molecular weight is 287 g/mol. The number of rotatable bonds is 5. The number of Topliss-reactive ketones (excluding diaryl/α,β-unsaturated/α-hetero) is 1. The molecule has 1 aromatic carbocycles. The van der Waals surface area contributed by atoms with Crippen LogP contribution in [0.25, 0.3) is 0 Å². The number of carbonyl (C=O) groups is 1. The molecule has 0 unspecified atom stereocenters. The molecule has 1 aliphatic carbocycles. The molecular weight excluding hydrogens is 266 g/mol. The Bertz CT molecular complexity index is 574. The van der Waals surface area contributed by atoms with Crippen LogP contribution in [0.4, 0.5) is 0 Å². The van der Waals surface area contributed by atoms with Crippen LogP contribution in [-0.4, -0.2) is 19.0 Å². The molecule has 112 valence electrons. The molecule has 0 aromatic heterocycles. The van der Waals surface area contributed by atoms with Crippen molar-refractivity contribution in [3.63, 3.8) is 0 Å². The summed E-state index contributed by atoms with van der Waals surface area (Å²) >= 11 is 0. The molecule has 1 saturated carbocycles. The normalized spacial score (nSPS) is 20.9. The third-order valence-corrected chi connectivity index (χ3v) is 3.98. The number of hydrogen-bond acceptors (Lipinski definition) is 4. The molecule has 2 atom stereocenters. The van der Waals surface area contributed by atoms with Gasteiger partial charge in [0.15, 0.2) is 5.78 Å². The Morgan fingerprint density at radius 3 is 2.76 bits per heavy atom. The zero-order valence-corrected chi connectivity index (χ0v) is 12.8. The second-order valence-corrected chi connectivity index (χ2v) is 5.70. The van der Waals surface area contributed by atoms with E-state index in [1.807, 2.05) is 25.1 Å². The van der Waals surface area contributed by atoms with Crippen LogP contribution in [0.2, 0.25) is 0 Å². The largest absolute Gasteiger partial charge is 0.496 e. The van der Waals surface area contributed by atoms with Crippen molar-refractivity contribution in [2.75, 3.05) is 7.11 Å². The second-order valence-electron chi connectivity index (χ2n) is 5.70. The van der Waals surface area contributed by atoms with Crippen molar-refractivity contribution in [3.05, 3.63) is 23.3 Å². The number of methoxy groups -OCH3 is 1. The number of benzene rings is 1. The zero-order valence-electron chi connectivity index (χ0n) is 12.8. The van der Waals surface area contributed by atoms with Gasteiger partial charge in [-0.25, -0.2) is 0 Å². The molecule has 0 spiro atoms. The summed E-state index contributed by atoms with van der Waals surface area (Å²) in [5.74, 6) is 1.45. The maximum atomic E-state index is 12.3. The van der Waals surface area contributed by atoms with Gasteiger partial charge in [0, 0.05) is 0 Å². The molecule has 0 saturated heterocycles. The molecule has 0 radical (unpaired) electrons. The SMILES string of the molecule is COc1c(C)ccc(O[C@@H]2CC[C@H](C)C2)c1C(=O)CC#N. The molecule has 2 rings (SSSR count). The zero-order chi connectivity index (χ0) is 15.4. The van der Waals surface area contributed by atoms with Crippen molar-refractivity contribution < 1.29 is 14.3 Å². The van der Waals surface area contributed by atoms with Crippen LogP contribution in [0.1, 0.15) is 48.5 Å². The van der Waals surface area contributed by atoms with Crippen molar-refractivity contribution in [3.8, 4) is 17.6 Å². The Labute approximate surface area is 125 Å². The summed E-state index contributed by atoms with van der Waals surface area (Å²) in [5.41, 5.74) is 1.27. The van der Waals surface area contributed by atoms with Crippen LogP contribution in [-0.2, 0) is 0 Å². The summed E-state index contributed by atoms with van der Waals surface area (Å²) in [6.45, 7) is 4.09. The fourth-order valence-electron chi connectivity index (χ4n) is 2.90.